The van der Waals surface area contributed by atoms with E-state index in [0.29, 0.717) is 28.9 Å². The van der Waals surface area contributed by atoms with Crippen LogP contribution >= 0.6 is 0 Å². The molecule has 0 unspecified atom stereocenters. The fraction of sp³-hybridized carbons (Fsp3) is 0.0213. The van der Waals surface area contributed by atoms with Gasteiger partial charge in [-0.15, -0.1) is 0 Å². The van der Waals surface area contributed by atoms with Gasteiger partial charge >= 0.3 is 0 Å². The highest BCUT2D eigenvalue weighted by atomic mass is 16.3. The van der Waals surface area contributed by atoms with Gasteiger partial charge in [-0.25, -0.2) is 19.9 Å². The topological polar surface area (TPSA) is 82.8 Å². The van der Waals surface area contributed by atoms with Gasteiger partial charge in [0.05, 0.1) is 11.0 Å². The van der Waals surface area contributed by atoms with E-state index >= 15 is 0 Å². The van der Waals surface area contributed by atoms with Crippen LogP contribution in [0.1, 0.15) is 5.56 Å². The molecule has 7 heteroatoms. The summed E-state index contributed by atoms with van der Waals surface area (Å²) in [4.78, 5) is 19.8. The van der Waals surface area contributed by atoms with Crippen molar-refractivity contribution in [3.8, 4) is 51.3 Å². The van der Waals surface area contributed by atoms with Crippen LogP contribution in [0.15, 0.2) is 167 Å². The fourth-order valence-electron chi connectivity index (χ4n) is 7.60. The van der Waals surface area contributed by atoms with Crippen LogP contribution in [0.2, 0.25) is 0 Å². The van der Waals surface area contributed by atoms with E-state index in [0.717, 1.165) is 72.0 Å². The smallest absolute Gasteiger partial charge is 0.227 e. The Morgan fingerprint density at radius 3 is 2.06 bits per heavy atom. The van der Waals surface area contributed by atoms with Gasteiger partial charge in [0, 0.05) is 55.6 Å². The number of hydrogen-bond donors (Lipinski definition) is 0. The normalized spacial score (nSPS) is 11.8. The van der Waals surface area contributed by atoms with Crippen molar-refractivity contribution in [1.82, 2.24) is 24.5 Å². The second-order valence-electron chi connectivity index (χ2n) is 13.6. The maximum Gasteiger partial charge on any atom is 0.227 e. The van der Waals surface area contributed by atoms with Gasteiger partial charge in [0.1, 0.15) is 16.7 Å². The minimum Gasteiger partial charge on any atom is -0.456 e. The van der Waals surface area contributed by atoms with E-state index in [4.69, 9.17) is 28.8 Å². The van der Waals surface area contributed by atoms with Crippen LogP contribution in [-0.4, -0.2) is 24.5 Å². The maximum absolute atomic E-state index is 6.40. The van der Waals surface area contributed by atoms with Gasteiger partial charge in [-0.2, -0.15) is 0 Å². The third kappa shape index (κ3) is 4.83. The number of rotatable bonds is 5. The number of aromatic nitrogens is 5. The van der Waals surface area contributed by atoms with Gasteiger partial charge in [0.15, 0.2) is 23.1 Å². The highest BCUT2D eigenvalue weighted by molar-refractivity contribution is 6.17. The van der Waals surface area contributed by atoms with Gasteiger partial charge < -0.3 is 13.4 Å². The summed E-state index contributed by atoms with van der Waals surface area (Å²) >= 11 is 0. The zero-order valence-electron chi connectivity index (χ0n) is 29.1. The predicted molar refractivity (Wildman–Crippen MR) is 215 cm³/mol. The molecule has 54 heavy (non-hydrogen) atoms. The number of fused-ring (bicyclic) bond motifs is 7. The van der Waals surface area contributed by atoms with E-state index in [1.807, 2.05) is 91.0 Å². The molecule has 0 amide bonds. The summed E-state index contributed by atoms with van der Waals surface area (Å²) < 4.78 is 15.0. The predicted octanol–water partition coefficient (Wildman–Crippen LogP) is 12.0. The molecule has 0 N–H and O–H groups in total. The first-order valence-electron chi connectivity index (χ1n) is 17.9. The first-order chi connectivity index (χ1) is 26.6. The average molecular weight is 696 g/mol. The molecule has 11 rings (SSSR count). The van der Waals surface area contributed by atoms with E-state index < -0.39 is 0 Å². The molecule has 254 valence electrons. The zero-order chi connectivity index (χ0) is 35.8. The van der Waals surface area contributed by atoms with Gasteiger partial charge in [-0.1, -0.05) is 97.1 Å². The van der Waals surface area contributed by atoms with E-state index in [1.54, 1.807) is 0 Å². The van der Waals surface area contributed by atoms with Crippen LogP contribution in [0.3, 0.4) is 0 Å². The first-order valence-corrected chi connectivity index (χ1v) is 17.9. The van der Waals surface area contributed by atoms with Crippen LogP contribution in [0.25, 0.3) is 106 Å². The number of para-hydroxylation sites is 2. The highest BCUT2D eigenvalue weighted by Crippen LogP contribution is 2.39. The van der Waals surface area contributed by atoms with Gasteiger partial charge in [-0.05, 0) is 67.1 Å². The molecule has 0 bridgehead atoms. The van der Waals surface area contributed by atoms with Gasteiger partial charge in [0.2, 0.25) is 5.89 Å². The van der Waals surface area contributed by atoms with Crippen LogP contribution in [0.5, 0.6) is 0 Å². The molecule has 4 aromatic heterocycles. The molecule has 11 aromatic rings. The van der Waals surface area contributed by atoms with Crippen molar-refractivity contribution >= 4 is 54.8 Å². The monoisotopic (exact) mass is 695 g/mol. The van der Waals surface area contributed by atoms with E-state index in [-0.39, 0.29) is 0 Å². The number of furan rings is 1. The van der Waals surface area contributed by atoms with Gasteiger partial charge in [-0.3, -0.25) is 0 Å². The molecule has 0 saturated heterocycles. The molecule has 0 fully saturated rings. The van der Waals surface area contributed by atoms with Crippen molar-refractivity contribution in [2.24, 2.45) is 0 Å². The van der Waals surface area contributed by atoms with Crippen molar-refractivity contribution in [3.05, 3.63) is 163 Å². The molecule has 0 saturated carbocycles. The molecule has 0 radical (unpaired) electrons. The van der Waals surface area contributed by atoms with Crippen LogP contribution in [0.4, 0.5) is 0 Å². The largest absolute Gasteiger partial charge is 0.456 e. The summed E-state index contributed by atoms with van der Waals surface area (Å²) in [5.41, 5.74) is 11.0. The summed E-state index contributed by atoms with van der Waals surface area (Å²) in [5.74, 6) is 2.34. The summed E-state index contributed by atoms with van der Waals surface area (Å²) in [5, 5.41) is 4.58. The average Bonchev–Trinajstić information content (AvgIpc) is 3.91. The minimum absolute atomic E-state index is 0.533. The third-order valence-electron chi connectivity index (χ3n) is 10.2. The Hall–Kier alpha value is -7.38. The van der Waals surface area contributed by atoms with Crippen molar-refractivity contribution in [3.63, 3.8) is 0 Å². The number of aryl methyl sites for hydroxylation is 1. The van der Waals surface area contributed by atoms with Crippen LogP contribution in [0, 0.1) is 6.92 Å². The summed E-state index contributed by atoms with van der Waals surface area (Å²) in [6, 6.07) is 53.5. The molecule has 7 nitrogen and oxygen atoms in total. The highest BCUT2D eigenvalue weighted by Gasteiger charge is 2.19. The van der Waals surface area contributed by atoms with Crippen molar-refractivity contribution in [2.75, 3.05) is 0 Å². The lowest BCUT2D eigenvalue weighted by Gasteiger charge is -2.09. The summed E-state index contributed by atoms with van der Waals surface area (Å²) in [6.45, 7) is 2.07. The number of oxazole rings is 1. The molecule has 4 heterocycles. The molecule has 0 aliphatic heterocycles. The molecule has 0 aliphatic carbocycles. The lowest BCUT2D eigenvalue weighted by atomic mass is 10.1. The Balaban J connectivity index is 1.02. The van der Waals surface area contributed by atoms with Crippen LogP contribution < -0.4 is 0 Å². The van der Waals surface area contributed by atoms with Crippen LogP contribution in [-0.2, 0) is 0 Å². The fourth-order valence-corrected chi connectivity index (χ4v) is 7.60. The quantitative estimate of drug-likeness (QED) is 0.178. The lowest BCUT2D eigenvalue weighted by molar-refractivity contribution is 0.620. The number of hydrogen-bond acceptors (Lipinski definition) is 6. The van der Waals surface area contributed by atoms with E-state index in [9.17, 15) is 0 Å². The zero-order valence-corrected chi connectivity index (χ0v) is 29.1. The standard InChI is InChI=1S/C47H29N5O2/c1-28-12-5-6-17-33(28)46-50-44(29-13-3-2-4-14-29)49-45(51-46)30-22-23-42-38(25-30)48-47(54-42)31-15-11-16-32(24-31)52-39-20-9-7-18-34(39)36-26-37-35-19-8-10-21-41(35)53-43(37)27-40(36)52/h2-27H,1H3. The van der Waals surface area contributed by atoms with E-state index in [2.05, 4.69) is 78.2 Å². The van der Waals surface area contributed by atoms with Crippen molar-refractivity contribution in [1.29, 1.82) is 0 Å². The molecule has 0 spiro atoms. The Labute approximate surface area is 308 Å². The second-order valence-corrected chi connectivity index (χ2v) is 13.6. The molecular formula is C47H29N5O2. The molecule has 7 aromatic carbocycles. The van der Waals surface area contributed by atoms with Crippen molar-refractivity contribution < 1.29 is 8.83 Å². The third-order valence-corrected chi connectivity index (χ3v) is 10.2. The Morgan fingerprint density at radius 1 is 0.426 bits per heavy atom. The SMILES string of the molecule is Cc1ccccc1-c1nc(-c2ccccc2)nc(-c2ccc3oc(-c4cccc(-n5c6ccccc6c6cc7c(cc65)oc5ccccc57)c4)nc3c2)n1. The first kappa shape index (κ1) is 30.3. The summed E-state index contributed by atoms with van der Waals surface area (Å²) in [7, 11) is 0. The molecule has 0 aliphatic rings. The van der Waals surface area contributed by atoms with Crippen molar-refractivity contribution in [2.45, 2.75) is 6.92 Å². The molecular weight excluding hydrogens is 667 g/mol. The minimum atomic E-state index is 0.533. The summed E-state index contributed by atoms with van der Waals surface area (Å²) in [6.07, 6.45) is 0. The second kappa shape index (κ2) is 11.8. The Bertz CT molecular complexity index is 3250. The lowest BCUT2D eigenvalue weighted by Crippen LogP contribution is -2.01. The Kier molecular flexibility index (Phi) is 6.63. The van der Waals surface area contributed by atoms with E-state index in [1.165, 1.54) is 10.8 Å². The number of nitrogens with zero attached hydrogens (tertiary/aromatic N) is 5. The maximum atomic E-state index is 6.40. The van der Waals surface area contributed by atoms with Gasteiger partial charge in [0.25, 0.3) is 0 Å². The molecule has 0 atom stereocenters. The number of benzene rings is 7. The Morgan fingerprint density at radius 2 is 1.17 bits per heavy atom.